The summed E-state index contributed by atoms with van der Waals surface area (Å²) >= 11 is 0. The lowest BCUT2D eigenvalue weighted by Crippen LogP contribution is -2.27. The average Bonchev–Trinajstić information content (AvgIpc) is 2.59. The average molecular weight is 342 g/mol. The van der Waals surface area contributed by atoms with E-state index in [9.17, 15) is 8.78 Å². The molecular formula is C19H28F2O3. The van der Waals surface area contributed by atoms with Crippen LogP contribution in [0, 0.1) is 5.92 Å². The van der Waals surface area contributed by atoms with Crippen molar-refractivity contribution in [2.45, 2.75) is 64.8 Å². The van der Waals surface area contributed by atoms with Crippen LogP contribution in [-0.4, -0.2) is 19.8 Å². The van der Waals surface area contributed by atoms with Gasteiger partial charge in [0.05, 0.1) is 13.2 Å². The van der Waals surface area contributed by atoms with E-state index in [2.05, 4.69) is 11.7 Å². The lowest BCUT2D eigenvalue weighted by molar-refractivity contribution is -0.206. The van der Waals surface area contributed by atoms with Crippen LogP contribution in [0.1, 0.15) is 63.7 Å². The van der Waals surface area contributed by atoms with Crippen LogP contribution in [0.25, 0.3) is 0 Å². The van der Waals surface area contributed by atoms with E-state index in [-0.39, 0.29) is 5.75 Å². The third-order valence-corrected chi connectivity index (χ3v) is 4.31. The molecule has 3 nitrogen and oxygen atoms in total. The Bertz CT molecular complexity index is 442. The second kappa shape index (κ2) is 10.6. The van der Waals surface area contributed by atoms with E-state index in [0.717, 1.165) is 12.0 Å². The number of unbranched alkanes of at least 4 members (excludes halogenated alkanes) is 5. The molecule has 0 N–H and O–H groups in total. The van der Waals surface area contributed by atoms with Gasteiger partial charge >= 0.3 is 6.61 Å². The molecule has 1 aromatic rings. The van der Waals surface area contributed by atoms with E-state index in [1.807, 2.05) is 0 Å². The zero-order valence-electron chi connectivity index (χ0n) is 14.4. The molecule has 1 aromatic carbocycles. The molecule has 1 aliphatic rings. The third-order valence-electron chi connectivity index (χ3n) is 4.31. The van der Waals surface area contributed by atoms with Gasteiger partial charge in [-0.2, -0.15) is 8.78 Å². The normalized spacial score (nSPS) is 21.2. The van der Waals surface area contributed by atoms with Gasteiger partial charge in [0.15, 0.2) is 6.29 Å². The number of rotatable bonds is 10. The summed E-state index contributed by atoms with van der Waals surface area (Å²) in [5.74, 6) is 0.597. The van der Waals surface area contributed by atoms with E-state index in [0.29, 0.717) is 19.1 Å². The van der Waals surface area contributed by atoms with Crippen molar-refractivity contribution in [3.63, 3.8) is 0 Å². The highest BCUT2D eigenvalue weighted by Crippen LogP contribution is 2.28. The smallest absolute Gasteiger partial charge is 0.387 e. The van der Waals surface area contributed by atoms with E-state index >= 15 is 0 Å². The predicted octanol–water partition coefficient (Wildman–Crippen LogP) is 5.70. The third kappa shape index (κ3) is 6.73. The second-order valence-electron chi connectivity index (χ2n) is 6.37. The minimum Gasteiger partial charge on any atom is -0.435 e. The number of halogens is 2. The molecule has 0 unspecified atom stereocenters. The monoisotopic (exact) mass is 342 g/mol. The Kier molecular flexibility index (Phi) is 8.47. The fourth-order valence-electron chi connectivity index (χ4n) is 2.92. The Labute approximate surface area is 143 Å². The molecule has 0 saturated carbocycles. The molecule has 2 rings (SSSR count). The second-order valence-corrected chi connectivity index (χ2v) is 6.37. The first-order valence-electron chi connectivity index (χ1n) is 8.97. The first-order chi connectivity index (χ1) is 11.7. The molecule has 0 atom stereocenters. The zero-order chi connectivity index (χ0) is 17.2. The van der Waals surface area contributed by atoms with Gasteiger partial charge in [-0.05, 0) is 18.6 Å². The molecule has 1 saturated heterocycles. The van der Waals surface area contributed by atoms with Crippen LogP contribution < -0.4 is 4.74 Å². The van der Waals surface area contributed by atoms with E-state index in [1.165, 1.54) is 50.7 Å². The van der Waals surface area contributed by atoms with Gasteiger partial charge in [0.25, 0.3) is 0 Å². The maximum Gasteiger partial charge on any atom is 0.387 e. The van der Waals surface area contributed by atoms with Gasteiger partial charge < -0.3 is 14.2 Å². The number of hydrogen-bond acceptors (Lipinski definition) is 3. The van der Waals surface area contributed by atoms with E-state index in [4.69, 9.17) is 9.47 Å². The van der Waals surface area contributed by atoms with Gasteiger partial charge in [0.1, 0.15) is 5.75 Å². The van der Waals surface area contributed by atoms with Crippen LogP contribution >= 0.6 is 0 Å². The molecule has 0 amide bonds. The highest BCUT2D eigenvalue weighted by molar-refractivity contribution is 5.28. The molecule has 24 heavy (non-hydrogen) atoms. The number of benzene rings is 1. The molecule has 1 aliphatic heterocycles. The largest absolute Gasteiger partial charge is 0.435 e. The van der Waals surface area contributed by atoms with Gasteiger partial charge in [-0.3, -0.25) is 0 Å². The number of alkyl halides is 2. The molecule has 0 aromatic heterocycles. The molecule has 5 heteroatoms. The lowest BCUT2D eigenvalue weighted by Gasteiger charge is -2.29. The summed E-state index contributed by atoms with van der Waals surface area (Å²) in [7, 11) is 0. The minimum atomic E-state index is -2.80. The fourth-order valence-corrected chi connectivity index (χ4v) is 2.92. The Morgan fingerprint density at radius 1 is 1.00 bits per heavy atom. The lowest BCUT2D eigenvalue weighted by atomic mass is 10.0. The Balaban J connectivity index is 1.65. The molecule has 1 fully saturated rings. The highest BCUT2D eigenvalue weighted by Gasteiger charge is 2.23. The van der Waals surface area contributed by atoms with E-state index < -0.39 is 12.9 Å². The van der Waals surface area contributed by atoms with Crippen molar-refractivity contribution in [2.24, 2.45) is 5.92 Å². The van der Waals surface area contributed by atoms with Crippen molar-refractivity contribution in [2.75, 3.05) is 13.2 Å². The number of ether oxygens (including phenoxy) is 3. The minimum absolute atomic E-state index is 0.144. The summed E-state index contributed by atoms with van der Waals surface area (Å²) in [6.07, 6.45) is 8.50. The Morgan fingerprint density at radius 2 is 1.62 bits per heavy atom. The Morgan fingerprint density at radius 3 is 2.25 bits per heavy atom. The zero-order valence-corrected chi connectivity index (χ0v) is 14.4. The quantitative estimate of drug-likeness (QED) is 0.510. The predicted molar refractivity (Wildman–Crippen MR) is 89.2 cm³/mol. The molecule has 0 aliphatic carbocycles. The van der Waals surface area contributed by atoms with Crippen molar-refractivity contribution >= 4 is 0 Å². The maximum absolute atomic E-state index is 12.1. The van der Waals surface area contributed by atoms with Crippen molar-refractivity contribution < 1.29 is 23.0 Å². The molecule has 1 heterocycles. The maximum atomic E-state index is 12.1. The molecule has 136 valence electrons. The molecule has 0 bridgehead atoms. The number of hydrogen-bond donors (Lipinski definition) is 0. The topological polar surface area (TPSA) is 27.7 Å². The van der Waals surface area contributed by atoms with Crippen LogP contribution in [-0.2, 0) is 9.47 Å². The van der Waals surface area contributed by atoms with Gasteiger partial charge in [-0.1, -0.05) is 57.6 Å². The first-order valence-corrected chi connectivity index (χ1v) is 8.97. The van der Waals surface area contributed by atoms with Crippen molar-refractivity contribution in [1.29, 1.82) is 0 Å². The van der Waals surface area contributed by atoms with Crippen molar-refractivity contribution in [3.05, 3.63) is 29.8 Å². The fraction of sp³-hybridized carbons (Fsp3) is 0.684. The standard InChI is InChI=1S/C19H28F2O3/c1-2-3-4-5-6-7-8-15-13-22-18(23-14-15)16-9-11-17(12-10-16)24-19(20)21/h9-12,15,18-19H,2-8,13-14H2,1H3. The molecule has 0 spiro atoms. The molecular weight excluding hydrogens is 314 g/mol. The molecule has 0 radical (unpaired) electrons. The summed E-state index contributed by atoms with van der Waals surface area (Å²) < 4.78 is 40.2. The van der Waals surface area contributed by atoms with E-state index in [1.54, 1.807) is 12.1 Å². The summed E-state index contributed by atoms with van der Waals surface area (Å²) in [6, 6.07) is 6.43. The Hall–Kier alpha value is -1.20. The van der Waals surface area contributed by atoms with Crippen LogP contribution in [0.5, 0.6) is 5.75 Å². The van der Waals surface area contributed by atoms with Crippen LogP contribution in [0.4, 0.5) is 8.78 Å². The van der Waals surface area contributed by atoms with Crippen molar-refractivity contribution in [1.82, 2.24) is 0 Å². The summed E-state index contributed by atoms with van der Waals surface area (Å²) in [5, 5.41) is 0. The SMILES string of the molecule is CCCCCCCCC1COC(c2ccc(OC(F)F)cc2)OC1. The van der Waals surface area contributed by atoms with Gasteiger partial charge in [0.2, 0.25) is 0 Å². The first kappa shape index (κ1) is 19.1. The highest BCUT2D eigenvalue weighted by atomic mass is 19.3. The van der Waals surface area contributed by atoms with Gasteiger partial charge in [-0.25, -0.2) is 0 Å². The van der Waals surface area contributed by atoms with Crippen LogP contribution in [0.3, 0.4) is 0 Å². The van der Waals surface area contributed by atoms with Crippen LogP contribution in [0.15, 0.2) is 24.3 Å². The summed E-state index contributed by atoms with van der Waals surface area (Å²) in [6.45, 7) is 0.803. The summed E-state index contributed by atoms with van der Waals surface area (Å²) in [5.41, 5.74) is 0.828. The van der Waals surface area contributed by atoms with Gasteiger partial charge in [0, 0.05) is 11.5 Å². The van der Waals surface area contributed by atoms with Crippen molar-refractivity contribution in [3.8, 4) is 5.75 Å². The van der Waals surface area contributed by atoms with Crippen LogP contribution in [0.2, 0.25) is 0 Å². The van der Waals surface area contributed by atoms with Gasteiger partial charge in [-0.15, -0.1) is 0 Å². The summed E-state index contributed by atoms with van der Waals surface area (Å²) in [4.78, 5) is 0.